The molecule has 0 fully saturated rings. The van der Waals surface area contributed by atoms with Gasteiger partial charge in [-0.2, -0.15) is 0 Å². The van der Waals surface area contributed by atoms with E-state index in [9.17, 15) is 8.42 Å². The van der Waals surface area contributed by atoms with E-state index in [1.54, 1.807) is 0 Å². The van der Waals surface area contributed by atoms with Gasteiger partial charge in [0.15, 0.2) is 0 Å². The van der Waals surface area contributed by atoms with Crippen LogP contribution in [0.3, 0.4) is 0 Å². The molecule has 2 aromatic carbocycles. The van der Waals surface area contributed by atoms with Crippen LogP contribution in [0.25, 0.3) is 5.57 Å². The van der Waals surface area contributed by atoms with E-state index in [4.69, 9.17) is 10.7 Å². The Labute approximate surface area is 117 Å². The Bertz CT molecular complexity index is 687. The van der Waals surface area contributed by atoms with E-state index in [0.717, 1.165) is 22.1 Å². The predicted octanol–water partition coefficient (Wildman–Crippen LogP) is 3.95. The Morgan fingerprint density at radius 3 is 2.00 bits per heavy atom. The molecular formula is C15H13ClO2S. The third-order valence-corrected chi connectivity index (χ3v) is 3.49. The van der Waals surface area contributed by atoms with Gasteiger partial charge in [0.2, 0.25) is 0 Å². The second-order valence-corrected chi connectivity index (χ2v) is 6.72. The van der Waals surface area contributed by atoms with Crippen molar-refractivity contribution in [2.24, 2.45) is 0 Å². The summed E-state index contributed by atoms with van der Waals surface area (Å²) in [5.74, 6) is 0. The third-order valence-electron chi connectivity index (χ3n) is 2.71. The molecule has 0 aromatic heterocycles. The van der Waals surface area contributed by atoms with E-state index in [1.165, 1.54) is 0 Å². The molecule has 0 aliphatic heterocycles. The van der Waals surface area contributed by atoms with Crippen LogP contribution in [0.4, 0.5) is 0 Å². The first-order chi connectivity index (χ1) is 8.96. The zero-order valence-electron chi connectivity index (χ0n) is 10.4. The SMILES string of the molecule is Cc1ccc(C(=CS(=O)(=O)Cl)c2ccccc2)cc1. The summed E-state index contributed by atoms with van der Waals surface area (Å²) in [6.45, 7) is 1.98. The fraction of sp³-hybridized carbons (Fsp3) is 0.0667. The summed E-state index contributed by atoms with van der Waals surface area (Å²) in [7, 11) is 1.64. The second-order valence-electron chi connectivity index (χ2n) is 4.24. The van der Waals surface area contributed by atoms with Crippen molar-refractivity contribution in [3.63, 3.8) is 0 Å². The van der Waals surface area contributed by atoms with E-state index in [0.29, 0.717) is 5.57 Å². The average molecular weight is 293 g/mol. The third kappa shape index (κ3) is 3.94. The topological polar surface area (TPSA) is 34.1 Å². The van der Waals surface area contributed by atoms with Crippen LogP contribution in [0.2, 0.25) is 0 Å². The Morgan fingerprint density at radius 1 is 0.947 bits per heavy atom. The van der Waals surface area contributed by atoms with Gasteiger partial charge in [0.25, 0.3) is 9.05 Å². The van der Waals surface area contributed by atoms with Crippen LogP contribution in [0.5, 0.6) is 0 Å². The number of halogens is 1. The summed E-state index contributed by atoms with van der Waals surface area (Å²) in [6, 6.07) is 17.0. The number of hydrogen-bond donors (Lipinski definition) is 0. The Balaban J connectivity index is 2.59. The van der Waals surface area contributed by atoms with Crippen molar-refractivity contribution in [3.05, 3.63) is 76.7 Å². The summed E-state index contributed by atoms with van der Waals surface area (Å²) < 4.78 is 22.7. The first-order valence-corrected chi connectivity index (χ1v) is 8.12. The maximum Gasteiger partial charge on any atom is 0.255 e. The van der Waals surface area contributed by atoms with E-state index >= 15 is 0 Å². The first kappa shape index (κ1) is 13.8. The van der Waals surface area contributed by atoms with Gasteiger partial charge in [0.05, 0.1) is 5.41 Å². The molecule has 4 heteroatoms. The van der Waals surface area contributed by atoms with Crippen molar-refractivity contribution >= 4 is 25.3 Å². The number of rotatable bonds is 3. The van der Waals surface area contributed by atoms with Gasteiger partial charge in [-0.05, 0) is 18.1 Å². The Kier molecular flexibility index (Phi) is 4.08. The van der Waals surface area contributed by atoms with E-state index in [-0.39, 0.29) is 0 Å². The lowest BCUT2D eigenvalue weighted by Crippen LogP contribution is -1.92. The van der Waals surface area contributed by atoms with Crippen LogP contribution < -0.4 is 0 Å². The van der Waals surface area contributed by atoms with Crippen molar-refractivity contribution in [2.45, 2.75) is 6.92 Å². The molecule has 0 radical (unpaired) electrons. The molecule has 98 valence electrons. The molecule has 0 heterocycles. The summed E-state index contributed by atoms with van der Waals surface area (Å²) >= 11 is 0. The van der Waals surface area contributed by atoms with Crippen LogP contribution in [-0.4, -0.2) is 8.42 Å². The van der Waals surface area contributed by atoms with E-state index in [2.05, 4.69) is 0 Å². The van der Waals surface area contributed by atoms with Gasteiger partial charge < -0.3 is 0 Å². The fourth-order valence-corrected chi connectivity index (χ4v) is 2.62. The van der Waals surface area contributed by atoms with Crippen molar-refractivity contribution in [3.8, 4) is 0 Å². The Morgan fingerprint density at radius 2 is 1.47 bits per heavy atom. The molecule has 2 rings (SSSR count). The van der Waals surface area contributed by atoms with E-state index in [1.807, 2.05) is 61.5 Å². The maximum atomic E-state index is 11.3. The molecule has 19 heavy (non-hydrogen) atoms. The zero-order chi connectivity index (χ0) is 13.9. The lowest BCUT2D eigenvalue weighted by molar-refractivity contribution is 0.617. The molecular weight excluding hydrogens is 280 g/mol. The number of benzene rings is 2. The first-order valence-electron chi connectivity index (χ1n) is 5.74. The standard InChI is InChI=1S/C15H13ClO2S/c1-12-7-9-14(10-8-12)15(11-19(16,17)18)13-5-3-2-4-6-13/h2-11H,1H3. The predicted molar refractivity (Wildman–Crippen MR) is 79.5 cm³/mol. The van der Waals surface area contributed by atoms with Gasteiger partial charge in [-0.15, -0.1) is 0 Å². The van der Waals surface area contributed by atoms with Gasteiger partial charge in [-0.1, -0.05) is 60.2 Å². The molecule has 0 atom stereocenters. The molecule has 0 saturated heterocycles. The molecule has 0 amide bonds. The molecule has 2 aromatic rings. The number of hydrogen-bond acceptors (Lipinski definition) is 2. The Hall–Kier alpha value is -1.58. The fourth-order valence-electron chi connectivity index (χ4n) is 1.79. The minimum atomic E-state index is -3.72. The summed E-state index contributed by atoms with van der Waals surface area (Å²) in [5.41, 5.74) is 3.34. The molecule has 0 aliphatic carbocycles. The summed E-state index contributed by atoms with van der Waals surface area (Å²) in [6.07, 6.45) is 0. The molecule has 0 spiro atoms. The smallest absolute Gasteiger partial charge is 0.208 e. The van der Waals surface area contributed by atoms with Crippen LogP contribution in [0.1, 0.15) is 16.7 Å². The largest absolute Gasteiger partial charge is 0.255 e. The van der Waals surface area contributed by atoms with Gasteiger partial charge in [0.1, 0.15) is 0 Å². The summed E-state index contributed by atoms with van der Waals surface area (Å²) in [4.78, 5) is 0. The minimum Gasteiger partial charge on any atom is -0.208 e. The lowest BCUT2D eigenvalue weighted by atomic mass is 9.99. The molecule has 0 aliphatic rings. The highest BCUT2D eigenvalue weighted by atomic mass is 35.7. The molecule has 2 nitrogen and oxygen atoms in total. The van der Waals surface area contributed by atoms with Crippen LogP contribution in [0, 0.1) is 6.92 Å². The van der Waals surface area contributed by atoms with Gasteiger partial charge in [-0.3, -0.25) is 0 Å². The molecule has 0 saturated carbocycles. The normalized spacial score (nSPS) is 12.4. The van der Waals surface area contributed by atoms with Crippen molar-refractivity contribution < 1.29 is 8.42 Å². The quantitative estimate of drug-likeness (QED) is 0.803. The van der Waals surface area contributed by atoms with Crippen molar-refractivity contribution in [1.29, 1.82) is 0 Å². The summed E-state index contributed by atoms with van der Waals surface area (Å²) in [5, 5.41) is 1.09. The highest BCUT2D eigenvalue weighted by Crippen LogP contribution is 2.25. The van der Waals surface area contributed by atoms with Crippen molar-refractivity contribution in [1.82, 2.24) is 0 Å². The van der Waals surface area contributed by atoms with Crippen LogP contribution in [-0.2, 0) is 9.05 Å². The number of aryl methyl sites for hydroxylation is 1. The highest BCUT2D eigenvalue weighted by Gasteiger charge is 2.09. The maximum absolute atomic E-state index is 11.3. The van der Waals surface area contributed by atoms with E-state index < -0.39 is 9.05 Å². The van der Waals surface area contributed by atoms with Gasteiger partial charge >= 0.3 is 0 Å². The molecule has 0 N–H and O–H groups in total. The zero-order valence-corrected chi connectivity index (χ0v) is 11.9. The molecule has 0 unspecified atom stereocenters. The monoisotopic (exact) mass is 292 g/mol. The average Bonchev–Trinajstić information content (AvgIpc) is 2.37. The van der Waals surface area contributed by atoms with Gasteiger partial charge in [-0.25, -0.2) is 8.42 Å². The lowest BCUT2D eigenvalue weighted by Gasteiger charge is -2.08. The van der Waals surface area contributed by atoms with Crippen molar-refractivity contribution in [2.75, 3.05) is 0 Å². The minimum absolute atomic E-state index is 0.593. The molecule has 0 bridgehead atoms. The van der Waals surface area contributed by atoms with Crippen LogP contribution in [0.15, 0.2) is 60.0 Å². The second kappa shape index (κ2) is 5.59. The van der Waals surface area contributed by atoms with Gasteiger partial charge in [0, 0.05) is 16.3 Å². The highest BCUT2D eigenvalue weighted by molar-refractivity contribution is 8.16. The van der Waals surface area contributed by atoms with Crippen LogP contribution >= 0.6 is 10.7 Å².